The Bertz CT molecular complexity index is 418. The fourth-order valence-corrected chi connectivity index (χ4v) is 2.63. The summed E-state index contributed by atoms with van der Waals surface area (Å²) < 4.78 is 5.33. The highest BCUT2D eigenvalue weighted by Gasteiger charge is 2.25. The maximum absolute atomic E-state index is 12.0. The number of ether oxygens (including phenoxy) is 1. The van der Waals surface area contributed by atoms with Crippen molar-refractivity contribution >= 4 is 23.2 Å². The molecule has 0 saturated carbocycles. The Balaban J connectivity index is 1.88. The van der Waals surface area contributed by atoms with Crippen LogP contribution in [0.1, 0.15) is 11.3 Å². The first-order chi connectivity index (χ1) is 8.65. The zero-order valence-electron chi connectivity index (χ0n) is 9.87. The summed E-state index contributed by atoms with van der Waals surface area (Å²) in [4.78, 5) is 25.4. The highest BCUT2D eigenvalue weighted by Crippen LogP contribution is 2.14. The van der Waals surface area contributed by atoms with E-state index in [9.17, 15) is 9.59 Å². The third kappa shape index (κ3) is 3.54. The van der Waals surface area contributed by atoms with Crippen molar-refractivity contribution in [3.63, 3.8) is 0 Å². The number of carbonyl (C=O) groups is 2. The van der Waals surface area contributed by atoms with Gasteiger partial charge in [0.2, 0.25) is 5.91 Å². The molecule has 0 aliphatic carbocycles. The number of aliphatic carboxylic acids is 1. The number of amides is 1. The van der Waals surface area contributed by atoms with Crippen molar-refractivity contribution in [2.75, 3.05) is 19.7 Å². The Hall–Kier alpha value is -1.40. The van der Waals surface area contributed by atoms with Gasteiger partial charge in [-0.15, -0.1) is 11.3 Å². The fourth-order valence-electron chi connectivity index (χ4n) is 1.94. The van der Waals surface area contributed by atoms with Crippen LogP contribution >= 0.6 is 11.3 Å². The van der Waals surface area contributed by atoms with Gasteiger partial charge in [-0.1, -0.05) is 6.07 Å². The zero-order chi connectivity index (χ0) is 13.0. The molecule has 1 fully saturated rings. The molecule has 1 aliphatic rings. The monoisotopic (exact) mass is 269 g/mol. The number of hydrogen-bond donors (Lipinski definition) is 1. The molecule has 18 heavy (non-hydrogen) atoms. The molecule has 0 radical (unpaired) electrons. The van der Waals surface area contributed by atoms with Crippen molar-refractivity contribution in [2.24, 2.45) is 0 Å². The van der Waals surface area contributed by atoms with Gasteiger partial charge in [0, 0.05) is 18.0 Å². The third-order valence-electron chi connectivity index (χ3n) is 2.80. The summed E-state index contributed by atoms with van der Waals surface area (Å²) in [6, 6.07) is 3.84. The van der Waals surface area contributed by atoms with Crippen LogP contribution in [0.5, 0.6) is 0 Å². The molecule has 0 spiro atoms. The summed E-state index contributed by atoms with van der Waals surface area (Å²) in [7, 11) is 0. The lowest BCUT2D eigenvalue weighted by Gasteiger charge is -2.32. The van der Waals surface area contributed by atoms with Crippen molar-refractivity contribution < 1.29 is 19.4 Å². The molecule has 1 aliphatic heterocycles. The lowest BCUT2D eigenvalue weighted by atomic mass is 10.2. The van der Waals surface area contributed by atoms with Gasteiger partial charge >= 0.3 is 5.97 Å². The van der Waals surface area contributed by atoms with Crippen LogP contribution in [-0.4, -0.2) is 47.7 Å². The summed E-state index contributed by atoms with van der Waals surface area (Å²) in [6.07, 6.45) is -0.0520. The molecule has 1 saturated heterocycles. The van der Waals surface area contributed by atoms with E-state index in [1.165, 1.54) is 0 Å². The van der Waals surface area contributed by atoms with Crippen LogP contribution in [0.2, 0.25) is 0 Å². The Labute approximate surface area is 109 Å². The first kappa shape index (κ1) is 13.0. The minimum atomic E-state index is -0.896. The molecule has 2 heterocycles. The number of carbonyl (C=O) groups excluding carboxylic acids is 1. The summed E-state index contributed by atoms with van der Waals surface area (Å²) >= 11 is 1.55. The average Bonchev–Trinajstić information content (AvgIpc) is 2.81. The van der Waals surface area contributed by atoms with Crippen molar-refractivity contribution in [2.45, 2.75) is 18.9 Å². The van der Waals surface area contributed by atoms with Gasteiger partial charge in [-0.25, -0.2) is 0 Å². The zero-order valence-corrected chi connectivity index (χ0v) is 10.7. The van der Waals surface area contributed by atoms with Gasteiger partial charge in [0.1, 0.15) is 0 Å². The van der Waals surface area contributed by atoms with Crippen LogP contribution in [0.25, 0.3) is 0 Å². The standard InChI is InChI=1S/C12H15NO4S/c14-11(7-10-2-1-5-18-10)13-3-4-17-9(8-13)6-12(15)16/h1-2,5,9H,3-4,6-8H2,(H,15,16). The molecule has 98 valence electrons. The van der Waals surface area contributed by atoms with E-state index in [0.29, 0.717) is 26.1 Å². The highest BCUT2D eigenvalue weighted by atomic mass is 32.1. The Kier molecular flexibility index (Phi) is 4.33. The van der Waals surface area contributed by atoms with Gasteiger partial charge in [0.05, 0.1) is 25.6 Å². The molecule has 2 rings (SSSR count). The SMILES string of the molecule is O=C(O)CC1CN(C(=O)Cc2cccs2)CCO1. The van der Waals surface area contributed by atoms with E-state index in [2.05, 4.69) is 0 Å². The molecule has 1 atom stereocenters. The third-order valence-corrected chi connectivity index (χ3v) is 3.68. The molecule has 1 unspecified atom stereocenters. The number of morpholine rings is 1. The topological polar surface area (TPSA) is 66.8 Å². The second-order valence-electron chi connectivity index (χ2n) is 4.19. The predicted molar refractivity (Wildman–Crippen MR) is 66.6 cm³/mol. The number of rotatable bonds is 4. The van der Waals surface area contributed by atoms with E-state index in [1.54, 1.807) is 16.2 Å². The van der Waals surface area contributed by atoms with Gasteiger partial charge in [-0.3, -0.25) is 9.59 Å². The van der Waals surface area contributed by atoms with Crippen LogP contribution in [0, 0.1) is 0 Å². The lowest BCUT2D eigenvalue weighted by Crippen LogP contribution is -2.46. The molecule has 1 aromatic rings. The Morgan fingerprint density at radius 1 is 1.56 bits per heavy atom. The van der Waals surface area contributed by atoms with E-state index in [-0.39, 0.29) is 18.4 Å². The van der Waals surface area contributed by atoms with Crippen LogP contribution in [-0.2, 0) is 20.7 Å². The molecule has 1 amide bonds. The Morgan fingerprint density at radius 2 is 2.39 bits per heavy atom. The van der Waals surface area contributed by atoms with Gasteiger partial charge in [-0.2, -0.15) is 0 Å². The molecular weight excluding hydrogens is 254 g/mol. The van der Waals surface area contributed by atoms with Crippen molar-refractivity contribution in [1.29, 1.82) is 0 Å². The van der Waals surface area contributed by atoms with Crippen LogP contribution in [0.4, 0.5) is 0 Å². The Morgan fingerprint density at radius 3 is 3.06 bits per heavy atom. The van der Waals surface area contributed by atoms with Crippen LogP contribution in [0.15, 0.2) is 17.5 Å². The van der Waals surface area contributed by atoms with Crippen LogP contribution in [0.3, 0.4) is 0 Å². The van der Waals surface area contributed by atoms with E-state index < -0.39 is 5.97 Å². The fraction of sp³-hybridized carbons (Fsp3) is 0.500. The maximum Gasteiger partial charge on any atom is 0.306 e. The second-order valence-corrected chi connectivity index (χ2v) is 5.22. The van der Waals surface area contributed by atoms with E-state index >= 15 is 0 Å². The first-order valence-corrected chi connectivity index (χ1v) is 6.66. The molecule has 0 aromatic carbocycles. The maximum atomic E-state index is 12.0. The van der Waals surface area contributed by atoms with Crippen molar-refractivity contribution in [3.05, 3.63) is 22.4 Å². The average molecular weight is 269 g/mol. The molecule has 5 nitrogen and oxygen atoms in total. The quantitative estimate of drug-likeness (QED) is 0.885. The molecule has 1 aromatic heterocycles. The molecule has 0 bridgehead atoms. The first-order valence-electron chi connectivity index (χ1n) is 5.78. The van der Waals surface area contributed by atoms with Gasteiger partial charge in [0.15, 0.2) is 0 Å². The van der Waals surface area contributed by atoms with E-state index in [1.807, 2.05) is 17.5 Å². The number of thiophene rings is 1. The van der Waals surface area contributed by atoms with Crippen molar-refractivity contribution in [3.8, 4) is 0 Å². The molecule has 1 N–H and O–H groups in total. The predicted octanol–water partition coefficient (Wildman–Crippen LogP) is 0.993. The van der Waals surface area contributed by atoms with E-state index in [0.717, 1.165) is 4.88 Å². The summed E-state index contributed by atoms with van der Waals surface area (Å²) in [5, 5.41) is 10.7. The summed E-state index contributed by atoms with van der Waals surface area (Å²) in [6.45, 7) is 1.32. The molecular formula is C12H15NO4S. The smallest absolute Gasteiger partial charge is 0.306 e. The number of nitrogens with zero attached hydrogens (tertiary/aromatic N) is 1. The summed E-state index contributed by atoms with van der Waals surface area (Å²) in [5.74, 6) is -0.858. The lowest BCUT2D eigenvalue weighted by molar-refractivity contribution is -0.147. The number of carboxylic acid groups (broad SMARTS) is 1. The minimum absolute atomic E-state index is 0.0381. The number of hydrogen-bond acceptors (Lipinski definition) is 4. The number of carboxylic acids is 1. The summed E-state index contributed by atoms with van der Waals surface area (Å²) in [5.41, 5.74) is 0. The van der Waals surface area contributed by atoms with Crippen molar-refractivity contribution in [1.82, 2.24) is 4.90 Å². The largest absolute Gasteiger partial charge is 0.481 e. The minimum Gasteiger partial charge on any atom is -0.481 e. The van der Waals surface area contributed by atoms with Gasteiger partial charge in [-0.05, 0) is 11.4 Å². The van der Waals surface area contributed by atoms with Gasteiger partial charge in [0.25, 0.3) is 0 Å². The molecule has 6 heteroatoms. The van der Waals surface area contributed by atoms with Crippen LogP contribution < -0.4 is 0 Å². The highest BCUT2D eigenvalue weighted by molar-refractivity contribution is 7.10. The second kappa shape index (κ2) is 5.97. The van der Waals surface area contributed by atoms with Gasteiger partial charge < -0.3 is 14.7 Å². The normalized spacial score (nSPS) is 19.8. The van der Waals surface area contributed by atoms with E-state index in [4.69, 9.17) is 9.84 Å².